The number of benzene rings is 2. The van der Waals surface area contributed by atoms with E-state index in [4.69, 9.17) is 0 Å². The summed E-state index contributed by atoms with van der Waals surface area (Å²) in [4.78, 5) is 0. The molecule has 0 atom stereocenters. The molecule has 1 aromatic heterocycles. The summed E-state index contributed by atoms with van der Waals surface area (Å²) >= 11 is 0. The van der Waals surface area contributed by atoms with Gasteiger partial charge >= 0.3 is 0 Å². The van der Waals surface area contributed by atoms with Gasteiger partial charge in [0.2, 0.25) is 0 Å². The summed E-state index contributed by atoms with van der Waals surface area (Å²) < 4.78 is 27.6. The van der Waals surface area contributed by atoms with Crippen molar-refractivity contribution in [3.63, 3.8) is 0 Å². The van der Waals surface area contributed by atoms with Crippen molar-refractivity contribution in [2.75, 3.05) is 0 Å². The Labute approximate surface area is 96.1 Å². The van der Waals surface area contributed by atoms with Gasteiger partial charge in [-0.05, 0) is 30.3 Å². The zero-order valence-corrected chi connectivity index (χ0v) is 8.69. The summed E-state index contributed by atoms with van der Waals surface area (Å²) in [5, 5.41) is 5.04. The Kier molecular flexibility index (Phi) is 2.14. The maximum atomic E-state index is 13.1. The predicted octanol–water partition coefficient (Wildman–Crippen LogP) is 3.10. The van der Waals surface area contributed by atoms with Crippen molar-refractivity contribution in [2.45, 2.75) is 0 Å². The van der Waals surface area contributed by atoms with Gasteiger partial charge in [0.25, 0.3) is 0 Å². The van der Waals surface area contributed by atoms with Crippen LogP contribution in [0.25, 0.3) is 16.6 Å². The molecular formula is C13H7F2N2. The fourth-order valence-corrected chi connectivity index (χ4v) is 1.74. The van der Waals surface area contributed by atoms with Crippen LogP contribution in [0.2, 0.25) is 0 Å². The highest BCUT2D eigenvalue weighted by molar-refractivity contribution is 5.79. The van der Waals surface area contributed by atoms with Crippen molar-refractivity contribution in [1.82, 2.24) is 9.78 Å². The monoisotopic (exact) mass is 229 g/mol. The fraction of sp³-hybridized carbons (Fsp3) is 0. The van der Waals surface area contributed by atoms with E-state index in [1.54, 1.807) is 23.0 Å². The first kappa shape index (κ1) is 9.96. The van der Waals surface area contributed by atoms with Gasteiger partial charge < -0.3 is 0 Å². The molecule has 1 heterocycles. The van der Waals surface area contributed by atoms with Crippen LogP contribution in [0.3, 0.4) is 0 Å². The minimum Gasteiger partial charge on any atom is -0.233 e. The minimum absolute atomic E-state index is 0.491. The van der Waals surface area contributed by atoms with Crippen LogP contribution in [0.1, 0.15) is 0 Å². The van der Waals surface area contributed by atoms with Crippen LogP contribution >= 0.6 is 0 Å². The number of rotatable bonds is 1. The number of halogens is 2. The van der Waals surface area contributed by atoms with Gasteiger partial charge in [-0.2, -0.15) is 5.10 Å². The van der Waals surface area contributed by atoms with Crippen molar-refractivity contribution in [3.05, 3.63) is 60.3 Å². The molecule has 0 saturated carbocycles. The average molecular weight is 229 g/mol. The third-order valence-electron chi connectivity index (χ3n) is 2.56. The first-order valence-corrected chi connectivity index (χ1v) is 5.05. The number of fused-ring (bicyclic) bond motifs is 1. The molecule has 3 rings (SSSR count). The van der Waals surface area contributed by atoms with Crippen LogP contribution in [-0.4, -0.2) is 9.78 Å². The molecule has 3 aromatic rings. The van der Waals surface area contributed by atoms with Crippen LogP contribution in [0.15, 0.2) is 42.6 Å². The van der Waals surface area contributed by atoms with Gasteiger partial charge in [0, 0.05) is 11.5 Å². The zero-order valence-electron chi connectivity index (χ0n) is 8.69. The smallest absolute Gasteiger partial charge is 0.160 e. The van der Waals surface area contributed by atoms with E-state index < -0.39 is 11.6 Å². The summed E-state index contributed by atoms with van der Waals surface area (Å²) in [7, 11) is 0. The quantitative estimate of drug-likeness (QED) is 0.627. The maximum Gasteiger partial charge on any atom is 0.160 e. The Morgan fingerprint density at radius 2 is 2.00 bits per heavy atom. The van der Waals surface area contributed by atoms with E-state index in [9.17, 15) is 8.78 Å². The molecule has 0 unspecified atom stereocenters. The molecule has 4 heteroatoms. The molecule has 0 spiro atoms. The van der Waals surface area contributed by atoms with E-state index in [-0.39, 0.29) is 0 Å². The van der Waals surface area contributed by atoms with Crippen molar-refractivity contribution in [1.29, 1.82) is 0 Å². The molecule has 0 fully saturated rings. The van der Waals surface area contributed by atoms with Gasteiger partial charge in [-0.3, -0.25) is 0 Å². The van der Waals surface area contributed by atoms with Gasteiger partial charge in [0.05, 0.1) is 17.4 Å². The summed E-state index contributed by atoms with van der Waals surface area (Å²) in [5.41, 5.74) is 1.32. The number of aromatic nitrogens is 2. The molecule has 0 N–H and O–H groups in total. The molecule has 1 radical (unpaired) electrons. The van der Waals surface area contributed by atoms with Gasteiger partial charge in [0.1, 0.15) is 0 Å². The van der Waals surface area contributed by atoms with Crippen molar-refractivity contribution in [3.8, 4) is 5.69 Å². The molecule has 0 aliphatic rings. The van der Waals surface area contributed by atoms with Crippen LogP contribution in [-0.2, 0) is 0 Å². The lowest BCUT2D eigenvalue weighted by atomic mass is 10.2. The fourth-order valence-electron chi connectivity index (χ4n) is 1.74. The molecule has 83 valence electrons. The summed E-state index contributed by atoms with van der Waals surface area (Å²) in [6.07, 6.45) is 1.66. The van der Waals surface area contributed by atoms with E-state index in [0.29, 0.717) is 5.69 Å². The topological polar surface area (TPSA) is 17.8 Å². The first-order valence-electron chi connectivity index (χ1n) is 5.05. The van der Waals surface area contributed by atoms with E-state index in [2.05, 4.69) is 11.2 Å². The molecule has 0 bridgehead atoms. The highest BCUT2D eigenvalue weighted by Crippen LogP contribution is 2.19. The predicted molar refractivity (Wildman–Crippen MR) is 59.8 cm³/mol. The lowest BCUT2D eigenvalue weighted by Gasteiger charge is -2.03. The molecule has 0 amide bonds. The second-order valence-electron chi connectivity index (χ2n) is 3.64. The van der Waals surface area contributed by atoms with E-state index in [1.807, 2.05) is 6.07 Å². The van der Waals surface area contributed by atoms with Gasteiger partial charge in [-0.15, -0.1) is 0 Å². The molecular weight excluding hydrogens is 222 g/mol. The summed E-state index contributed by atoms with van der Waals surface area (Å²) in [6.45, 7) is 0. The second-order valence-corrected chi connectivity index (χ2v) is 3.64. The Hall–Kier alpha value is -2.23. The molecule has 17 heavy (non-hydrogen) atoms. The first-order chi connectivity index (χ1) is 8.25. The Bertz CT molecular complexity index is 689. The third-order valence-corrected chi connectivity index (χ3v) is 2.56. The largest absolute Gasteiger partial charge is 0.233 e. The normalized spacial score (nSPS) is 10.9. The van der Waals surface area contributed by atoms with Gasteiger partial charge in [-0.1, -0.05) is 6.07 Å². The molecule has 0 saturated heterocycles. The third kappa shape index (κ3) is 1.58. The van der Waals surface area contributed by atoms with Crippen molar-refractivity contribution < 1.29 is 8.78 Å². The van der Waals surface area contributed by atoms with Gasteiger partial charge in [0.15, 0.2) is 11.6 Å². The van der Waals surface area contributed by atoms with Crippen molar-refractivity contribution >= 4 is 10.9 Å². The minimum atomic E-state index is -0.881. The van der Waals surface area contributed by atoms with Crippen molar-refractivity contribution in [2.24, 2.45) is 0 Å². The number of hydrogen-bond acceptors (Lipinski definition) is 1. The lowest BCUT2D eigenvalue weighted by Crippen LogP contribution is -1.97. The molecule has 0 aliphatic heterocycles. The molecule has 2 aromatic carbocycles. The summed E-state index contributed by atoms with van der Waals surface area (Å²) in [5.74, 6) is -1.74. The number of nitrogens with zero attached hydrogens (tertiary/aromatic N) is 2. The van der Waals surface area contributed by atoms with E-state index in [1.165, 1.54) is 6.07 Å². The Balaban J connectivity index is 2.24. The Morgan fingerprint density at radius 1 is 1.12 bits per heavy atom. The standard InChI is InChI=1S/C13H7F2N2/c14-11-6-5-10(7-12(11)15)17-13-4-2-1-3-9(13)8-16-17/h2-8H. The molecule has 2 nitrogen and oxygen atoms in total. The van der Waals surface area contributed by atoms with Crippen LogP contribution in [0.4, 0.5) is 8.78 Å². The molecule has 0 aliphatic carbocycles. The Morgan fingerprint density at radius 3 is 2.82 bits per heavy atom. The van der Waals surface area contributed by atoms with Crippen LogP contribution < -0.4 is 0 Å². The van der Waals surface area contributed by atoms with E-state index >= 15 is 0 Å². The zero-order chi connectivity index (χ0) is 11.8. The summed E-state index contributed by atoms with van der Waals surface area (Å²) in [6, 6.07) is 12.0. The van der Waals surface area contributed by atoms with Crippen LogP contribution in [0, 0.1) is 17.7 Å². The highest BCUT2D eigenvalue weighted by atomic mass is 19.2. The maximum absolute atomic E-state index is 13.1. The SMILES string of the molecule is Fc1ccc(-n2ncc3c[c]ccc32)cc1F. The second kappa shape index (κ2) is 3.66. The van der Waals surface area contributed by atoms with Gasteiger partial charge in [-0.25, -0.2) is 13.5 Å². The lowest BCUT2D eigenvalue weighted by molar-refractivity contribution is 0.507. The number of hydrogen-bond donors (Lipinski definition) is 0. The average Bonchev–Trinajstić information content (AvgIpc) is 2.76. The highest BCUT2D eigenvalue weighted by Gasteiger charge is 2.07. The van der Waals surface area contributed by atoms with E-state index in [0.717, 1.165) is 23.0 Å². The van der Waals surface area contributed by atoms with Crippen LogP contribution in [0.5, 0.6) is 0 Å².